The van der Waals surface area contributed by atoms with Crippen LogP contribution in [-0.2, 0) is 52.4 Å². The number of anilines is 2. The van der Waals surface area contributed by atoms with E-state index in [9.17, 15) is 27.6 Å². The van der Waals surface area contributed by atoms with Crippen molar-refractivity contribution in [2.24, 2.45) is 0 Å². The van der Waals surface area contributed by atoms with Crippen LogP contribution in [0.5, 0.6) is 0 Å². The molecule has 17 heteroatoms. The molecule has 3 N–H and O–H groups in total. The van der Waals surface area contributed by atoms with Gasteiger partial charge in [-0.1, -0.05) is 24.3 Å². The number of alkyl halides is 3. The molecule has 0 aliphatic heterocycles. The Bertz CT molecular complexity index is 2030. The number of hydrogen-bond acceptors (Lipinski definition) is 11. The number of halogens is 3. The van der Waals surface area contributed by atoms with E-state index in [1.165, 1.54) is 24.4 Å². The highest BCUT2D eigenvalue weighted by molar-refractivity contribution is 6.06. The van der Waals surface area contributed by atoms with Gasteiger partial charge in [0.05, 0.1) is 96.0 Å². The van der Waals surface area contributed by atoms with Crippen LogP contribution >= 0.6 is 0 Å². The second-order valence-electron chi connectivity index (χ2n) is 14.3. The fourth-order valence-corrected chi connectivity index (χ4v) is 6.30. The lowest BCUT2D eigenvalue weighted by atomic mass is 10.0. The minimum absolute atomic E-state index is 0.0263. The molecule has 0 radical (unpaired) electrons. The van der Waals surface area contributed by atoms with Crippen molar-refractivity contribution in [1.29, 1.82) is 0 Å². The van der Waals surface area contributed by atoms with Crippen LogP contribution in [-0.4, -0.2) is 120 Å². The number of aliphatic carboxylic acids is 1. The Morgan fingerprint density at radius 2 is 1.23 bits per heavy atom. The largest absolute Gasteiger partial charge is 0.481 e. The fraction of sp³-hybridized carbons (Fsp3) is 0.447. The Hall–Kier alpha value is -5.43. The highest BCUT2D eigenvalue weighted by atomic mass is 19.4. The molecule has 0 bridgehead atoms. The van der Waals surface area contributed by atoms with Crippen molar-refractivity contribution < 1.29 is 61.1 Å². The summed E-state index contributed by atoms with van der Waals surface area (Å²) in [6.07, 6.45) is -1.60. The van der Waals surface area contributed by atoms with Gasteiger partial charge in [0.25, 0.3) is 11.8 Å². The smallest absolute Gasteiger partial charge is 0.416 e. The number of aromatic nitrogens is 1. The summed E-state index contributed by atoms with van der Waals surface area (Å²) in [5.74, 6) is -1.70. The van der Waals surface area contributed by atoms with Gasteiger partial charge in [-0.25, -0.2) is 0 Å². The van der Waals surface area contributed by atoms with E-state index in [2.05, 4.69) is 20.5 Å². The monoisotopic (exact) mass is 896 g/mol. The predicted octanol–water partition coefficient (Wildman–Crippen LogP) is 7.30. The SMILES string of the molecule is CCN(CC)c1ccc(NC(=O)c2cccc(CCCOCCOCCOCCOCCOCCOCCC(=O)O)c2)c(-c2cc(C(=O)NCc3cccc(C(F)(F)F)c3)ccn2)c1. The maximum Gasteiger partial charge on any atom is 0.416 e. The molecular formula is C47H59F3N4O10. The van der Waals surface area contributed by atoms with E-state index in [1.54, 1.807) is 12.1 Å². The number of nitrogens with one attached hydrogen (secondary N) is 2. The predicted molar refractivity (Wildman–Crippen MR) is 236 cm³/mol. The lowest BCUT2D eigenvalue weighted by Crippen LogP contribution is -2.23. The lowest BCUT2D eigenvalue weighted by molar-refractivity contribution is -0.139. The first-order chi connectivity index (χ1) is 31.0. The molecule has 0 aliphatic rings. The van der Waals surface area contributed by atoms with Crippen LogP contribution in [0.2, 0.25) is 0 Å². The molecule has 14 nitrogen and oxygen atoms in total. The zero-order valence-electron chi connectivity index (χ0n) is 36.5. The van der Waals surface area contributed by atoms with Crippen molar-refractivity contribution in [3.8, 4) is 11.3 Å². The molecule has 4 aromatic rings. The number of hydrogen-bond donors (Lipinski definition) is 3. The van der Waals surface area contributed by atoms with Crippen molar-refractivity contribution >= 4 is 29.2 Å². The molecule has 3 aromatic carbocycles. The van der Waals surface area contributed by atoms with Crippen LogP contribution < -0.4 is 15.5 Å². The standard InChI is InChI=1S/C47H59F3N4O10/c1-3-54(4-2)40-13-14-42(41(33-40)43-32-38(15-17-51-43)45(57)52-34-36-9-6-12-39(31-36)47(48,49)50)53-46(58)37-11-5-8-35(30-37)10-7-18-59-20-22-61-24-26-63-28-29-64-27-25-62-23-21-60-19-16-44(55)56/h5-6,8-9,11-15,17,30-33H,3-4,7,10,16,18-29,34H2,1-2H3,(H,52,57)(H,53,58)(H,55,56). The molecule has 0 atom stereocenters. The van der Waals surface area contributed by atoms with Crippen LogP contribution in [0.4, 0.5) is 24.5 Å². The molecule has 0 fully saturated rings. The highest BCUT2D eigenvalue weighted by Crippen LogP contribution is 2.33. The third-order valence-electron chi connectivity index (χ3n) is 9.65. The number of rotatable bonds is 31. The number of nitrogens with zero attached hydrogens (tertiary/aromatic N) is 2. The summed E-state index contributed by atoms with van der Waals surface area (Å²) < 4.78 is 72.4. The summed E-state index contributed by atoms with van der Waals surface area (Å²) in [6.45, 7) is 10.3. The summed E-state index contributed by atoms with van der Waals surface area (Å²) in [4.78, 5) is 44.0. The molecular weight excluding hydrogens is 838 g/mol. The molecule has 4 rings (SSSR count). The van der Waals surface area contributed by atoms with Gasteiger partial charge in [0.15, 0.2) is 0 Å². The average molecular weight is 897 g/mol. The Balaban J connectivity index is 1.19. The Labute approximate surface area is 372 Å². The van der Waals surface area contributed by atoms with Gasteiger partial charge in [-0.15, -0.1) is 0 Å². The zero-order valence-corrected chi connectivity index (χ0v) is 36.5. The third-order valence-corrected chi connectivity index (χ3v) is 9.65. The van der Waals surface area contributed by atoms with Gasteiger partial charge in [0, 0.05) is 54.8 Å². The number of benzene rings is 3. The zero-order chi connectivity index (χ0) is 46.0. The third kappa shape index (κ3) is 18.7. The molecule has 1 heterocycles. The molecule has 0 unspecified atom stereocenters. The van der Waals surface area contributed by atoms with Crippen LogP contribution in [0.25, 0.3) is 11.3 Å². The fourth-order valence-electron chi connectivity index (χ4n) is 6.30. The van der Waals surface area contributed by atoms with Crippen molar-refractivity contribution in [3.05, 3.63) is 113 Å². The molecule has 1 aromatic heterocycles. The van der Waals surface area contributed by atoms with E-state index in [4.69, 9.17) is 33.5 Å². The lowest BCUT2D eigenvalue weighted by Gasteiger charge is -2.23. The Morgan fingerprint density at radius 1 is 0.656 bits per heavy atom. The minimum Gasteiger partial charge on any atom is -0.481 e. The minimum atomic E-state index is -4.49. The first-order valence-electron chi connectivity index (χ1n) is 21.4. The van der Waals surface area contributed by atoms with Gasteiger partial charge in [-0.2, -0.15) is 13.2 Å². The van der Waals surface area contributed by atoms with E-state index in [-0.39, 0.29) is 31.0 Å². The second kappa shape index (κ2) is 28.4. The van der Waals surface area contributed by atoms with Gasteiger partial charge >= 0.3 is 12.1 Å². The van der Waals surface area contributed by atoms with E-state index in [0.29, 0.717) is 107 Å². The second-order valence-corrected chi connectivity index (χ2v) is 14.3. The number of amides is 2. The molecule has 0 spiro atoms. The van der Waals surface area contributed by atoms with Crippen LogP contribution in [0.15, 0.2) is 85.1 Å². The Kier molecular flexibility index (Phi) is 22.7. The van der Waals surface area contributed by atoms with Gasteiger partial charge in [-0.05, 0) is 92.4 Å². The van der Waals surface area contributed by atoms with Crippen LogP contribution in [0.3, 0.4) is 0 Å². The molecule has 64 heavy (non-hydrogen) atoms. The summed E-state index contributed by atoms with van der Waals surface area (Å²) in [7, 11) is 0. The number of carboxylic acids is 1. The average Bonchev–Trinajstić information content (AvgIpc) is 3.29. The summed E-state index contributed by atoms with van der Waals surface area (Å²) in [5.41, 5.74) is 3.64. The number of pyridine rings is 1. The quantitative estimate of drug-likeness (QED) is 0.0432. The Morgan fingerprint density at radius 3 is 1.84 bits per heavy atom. The molecule has 0 saturated heterocycles. The molecule has 0 aliphatic carbocycles. The van der Waals surface area contributed by atoms with Crippen molar-refractivity contribution in [2.75, 3.05) is 103 Å². The van der Waals surface area contributed by atoms with Gasteiger partial charge < -0.3 is 49.1 Å². The van der Waals surface area contributed by atoms with E-state index in [1.807, 2.05) is 50.2 Å². The van der Waals surface area contributed by atoms with E-state index in [0.717, 1.165) is 42.9 Å². The number of carbonyl (C=O) groups excluding carboxylic acids is 2. The van der Waals surface area contributed by atoms with Crippen LogP contribution in [0, 0.1) is 0 Å². The van der Waals surface area contributed by atoms with Crippen molar-refractivity contribution in [2.45, 2.75) is 45.8 Å². The van der Waals surface area contributed by atoms with Crippen molar-refractivity contribution in [3.63, 3.8) is 0 Å². The summed E-state index contributed by atoms with van der Waals surface area (Å²) in [6, 6.07) is 21.0. The summed E-state index contributed by atoms with van der Waals surface area (Å²) in [5, 5.41) is 14.3. The number of carboxylic acid groups (broad SMARTS) is 1. The van der Waals surface area contributed by atoms with E-state index >= 15 is 0 Å². The van der Waals surface area contributed by atoms with Crippen LogP contribution in [0.1, 0.15) is 64.1 Å². The topological polar surface area (TPSA) is 167 Å². The molecule has 2 amide bonds. The normalized spacial score (nSPS) is 11.4. The number of carbonyl (C=O) groups is 3. The molecule has 348 valence electrons. The summed E-state index contributed by atoms with van der Waals surface area (Å²) >= 11 is 0. The van der Waals surface area contributed by atoms with E-state index < -0.39 is 23.6 Å². The highest BCUT2D eigenvalue weighted by Gasteiger charge is 2.30. The number of aryl methyl sites for hydroxylation is 1. The van der Waals surface area contributed by atoms with Gasteiger partial charge in [-0.3, -0.25) is 19.4 Å². The van der Waals surface area contributed by atoms with Gasteiger partial charge in [0.2, 0.25) is 0 Å². The molecule has 0 saturated carbocycles. The first kappa shape index (κ1) is 51.2. The van der Waals surface area contributed by atoms with Gasteiger partial charge in [0.1, 0.15) is 0 Å². The number of ether oxygens (including phenoxy) is 6. The maximum absolute atomic E-state index is 13.7. The maximum atomic E-state index is 13.7. The van der Waals surface area contributed by atoms with Crippen molar-refractivity contribution in [1.82, 2.24) is 10.3 Å². The first-order valence-corrected chi connectivity index (χ1v) is 21.4.